The van der Waals surface area contributed by atoms with Gasteiger partial charge in [-0.1, -0.05) is 23.5 Å². The first-order valence-corrected chi connectivity index (χ1v) is 12.1. The number of hydrogen-bond donors (Lipinski definition) is 0. The zero-order valence-corrected chi connectivity index (χ0v) is 21.0. The van der Waals surface area contributed by atoms with Gasteiger partial charge in [-0.3, -0.25) is 9.36 Å². The van der Waals surface area contributed by atoms with E-state index in [2.05, 4.69) is 20.9 Å². The molecule has 1 aliphatic heterocycles. The van der Waals surface area contributed by atoms with Crippen molar-refractivity contribution in [1.29, 1.82) is 0 Å². The number of halogens is 1. The van der Waals surface area contributed by atoms with E-state index in [1.807, 2.05) is 38.1 Å². The van der Waals surface area contributed by atoms with Crippen LogP contribution in [-0.4, -0.2) is 23.2 Å². The smallest absolute Gasteiger partial charge is 0.338 e. The predicted molar refractivity (Wildman–Crippen MR) is 129 cm³/mol. The van der Waals surface area contributed by atoms with Crippen molar-refractivity contribution >= 4 is 39.3 Å². The molecule has 1 atom stereocenters. The SMILES string of the molecule is CCOC(=O)C1=C(C)N=c2s/c(=C/c3ccc(Br)o3)c(=O)n2[C@H]1c1ccc(OC(C)C)cc1. The second-order valence-electron chi connectivity index (χ2n) is 7.68. The maximum atomic E-state index is 13.5. The van der Waals surface area contributed by atoms with E-state index in [9.17, 15) is 9.59 Å². The molecule has 0 saturated carbocycles. The normalized spacial score (nSPS) is 16.1. The highest BCUT2D eigenvalue weighted by molar-refractivity contribution is 9.10. The Labute approximate surface area is 202 Å². The summed E-state index contributed by atoms with van der Waals surface area (Å²) < 4.78 is 19.2. The molecule has 4 rings (SSSR count). The number of hydrogen-bond acceptors (Lipinski definition) is 7. The molecule has 0 saturated heterocycles. The summed E-state index contributed by atoms with van der Waals surface area (Å²) in [4.78, 5) is 31.5. The minimum Gasteiger partial charge on any atom is -0.491 e. The number of thiazole rings is 1. The molecular formula is C24H23BrN2O5S. The summed E-state index contributed by atoms with van der Waals surface area (Å²) in [6.07, 6.45) is 1.71. The van der Waals surface area contributed by atoms with Crippen molar-refractivity contribution in [2.24, 2.45) is 4.99 Å². The molecule has 7 nitrogen and oxygen atoms in total. The first kappa shape index (κ1) is 23.3. The van der Waals surface area contributed by atoms with Crippen LogP contribution in [0.15, 0.2) is 66.5 Å². The van der Waals surface area contributed by atoms with Crippen molar-refractivity contribution in [2.75, 3.05) is 6.61 Å². The van der Waals surface area contributed by atoms with Gasteiger partial charge in [0.2, 0.25) is 0 Å². The van der Waals surface area contributed by atoms with Crippen LogP contribution in [0.25, 0.3) is 6.08 Å². The molecule has 0 amide bonds. The summed E-state index contributed by atoms with van der Waals surface area (Å²) in [5.74, 6) is 0.763. The molecule has 33 heavy (non-hydrogen) atoms. The quantitative estimate of drug-likeness (QED) is 0.450. The lowest BCUT2D eigenvalue weighted by Gasteiger charge is -2.25. The number of benzene rings is 1. The van der Waals surface area contributed by atoms with Crippen molar-refractivity contribution in [3.63, 3.8) is 0 Å². The largest absolute Gasteiger partial charge is 0.491 e. The second-order valence-corrected chi connectivity index (χ2v) is 9.47. The number of carbonyl (C=O) groups excluding carboxylic acids is 1. The first-order chi connectivity index (χ1) is 15.8. The van der Waals surface area contributed by atoms with Gasteiger partial charge in [-0.05, 0) is 73.5 Å². The fourth-order valence-corrected chi connectivity index (χ4v) is 4.99. The minimum atomic E-state index is -0.668. The van der Waals surface area contributed by atoms with E-state index in [1.165, 1.54) is 11.3 Å². The van der Waals surface area contributed by atoms with Crippen LogP contribution in [0, 0.1) is 0 Å². The van der Waals surface area contributed by atoms with Crippen LogP contribution in [0.5, 0.6) is 5.75 Å². The average molecular weight is 531 g/mol. The van der Waals surface area contributed by atoms with Crippen molar-refractivity contribution in [3.05, 3.63) is 83.3 Å². The highest BCUT2D eigenvalue weighted by atomic mass is 79.9. The molecule has 1 aromatic carbocycles. The number of esters is 1. The van der Waals surface area contributed by atoms with Gasteiger partial charge in [0.25, 0.3) is 5.56 Å². The fraction of sp³-hybridized carbons (Fsp3) is 0.292. The van der Waals surface area contributed by atoms with Gasteiger partial charge in [-0.15, -0.1) is 0 Å². The van der Waals surface area contributed by atoms with E-state index in [-0.39, 0.29) is 18.3 Å². The van der Waals surface area contributed by atoms with Crippen molar-refractivity contribution in [2.45, 2.75) is 39.8 Å². The van der Waals surface area contributed by atoms with Gasteiger partial charge in [0.15, 0.2) is 9.47 Å². The molecule has 0 radical (unpaired) electrons. The van der Waals surface area contributed by atoms with Crippen molar-refractivity contribution in [3.8, 4) is 5.75 Å². The van der Waals surface area contributed by atoms with Crippen molar-refractivity contribution in [1.82, 2.24) is 4.57 Å². The molecule has 0 fully saturated rings. The number of nitrogens with zero attached hydrogens (tertiary/aromatic N) is 2. The van der Waals surface area contributed by atoms with E-state index < -0.39 is 12.0 Å². The van der Waals surface area contributed by atoms with Crippen LogP contribution in [0.4, 0.5) is 0 Å². The molecular weight excluding hydrogens is 508 g/mol. The van der Waals surface area contributed by atoms with Crippen LogP contribution < -0.4 is 19.6 Å². The zero-order chi connectivity index (χ0) is 23.7. The van der Waals surface area contributed by atoms with Crippen molar-refractivity contribution < 1.29 is 18.7 Å². The molecule has 0 spiro atoms. The Morgan fingerprint density at radius 3 is 2.61 bits per heavy atom. The summed E-state index contributed by atoms with van der Waals surface area (Å²) >= 11 is 4.52. The summed E-state index contributed by atoms with van der Waals surface area (Å²) in [6.45, 7) is 7.64. The molecule has 1 aliphatic rings. The predicted octanol–water partition coefficient (Wildman–Crippen LogP) is 3.94. The summed E-state index contributed by atoms with van der Waals surface area (Å²) in [7, 11) is 0. The van der Waals surface area contributed by atoms with Gasteiger partial charge >= 0.3 is 5.97 Å². The standard InChI is InChI=1S/C24H23BrN2O5S/c1-5-30-23(29)20-14(4)26-24-27(21(20)15-6-8-16(9-7-15)31-13(2)3)22(28)18(33-24)12-17-10-11-19(25)32-17/h6-13,21H,5H2,1-4H3/b18-12+/t21-/m0/s1. The van der Waals surface area contributed by atoms with E-state index in [1.54, 1.807) is 36.6 Å². The van der Waals surface area contributed by atoms with Gasteiger partial charge in [0, 0.05) is 6.08 Å². The Morgan fingerprint density at radius 2 is 2.00 bits per heavy atom. The summed E-state index contributed by atoms with van der Waals surface area (Å²) in [6, 6.07) is 10.3. The Hall–Kier alpha value is -2.91. The van der Waals surface area contributed by atoms with Gasteiger partial charge < -0.3 is 13.9 Å². The van der Waals surface area contributed by atoms with E-state index in [4.69, 9.17) is 13.9 Å². The lowest BCUT2D eigenvalue weighted by molar-refractivity contribution is -0.139. The number of ether oxygens (including phenoxy) is 2. The molecule has 0 aliphatic carbocycles. The number of fused-ring (bicyclic) bond motifs is 1. The molecule has 0 bridgehead atoms. The highest BCUT2D eigenvalue weighted by Gasteiger charge is 2.33. The van der Waals surface area contributed by atoms with Crippen LogP contribution in [-0.2, 0) is 9.53 Å². The Kier molecular flexibility index (Phi) is 6.71. The number of furan rings is 1. The highest BCUT2D eigenvalue weighted by Crippen LogP contribution is 2.31. The van der Waals surface area contributed by atoms with E-state index in [0.29, 0.717) is 36.8 Å². The van der Waals surface area contributed by atoms with Gasteiger partial charge in [-0.25, -0.2) is 9.79 Å². The Morgan fingerprint density at radius 1 is 1.27 bits per heavy atom. The first-order valence-electron chi connectivity index (χ1n) is 10.5. The average Bonchev–Trinajstić information content (AvgIpc) is 3.30. The zero-order valence-electron chi connectivity index (χ0n) is 18.6. The Balaban J connectivity index is 1.89. The topological polar surface area (TPSA) is 83.0 Å². The van der Waals surface area contributed by atoms with Gasteiger partial charge in [0.05, 0.1) is 34.6 Å². The third-order valence-electron chi connectivity index (χ3n) is 4.95. The fourth-order valence-electron chi connectivity index (χ4n) is 3.64. The monoisotopic (exact) mass is 530 g/mol. The van der Waals surface area contributed by atoms with Crippen LogP contribution in [0.3, 0.4) is 0 Å². The van der Waals surface area contributed by atoms with E-state index in [0.717, 1.165) is 5.56 Å². The molecule has 3 aromatic rings. The lowest BCUT2D eigenvalue weighted by Crippen LogP contribution is -2.39. The third kappa shape index (κ3) is 4.74. The van der Waals surface area contributed by atoms with E-state index >= 15 is 0 Å². The maximum absolute atomic E-state index is 13.5. The molecule has 0 unspecified atom stereocenters. The molecule has 3 heterocycles. The number of rotatable bonds is 6. The lowest BCUT2D eigenvalue weighted by atomic mass is 9.96. The van der Waals surface area contributed by atoms with Crippen LogP contribution in [0.1, 0.15) is 45.1 Å². The molecule has 2 aromatic heterocycles. The van der Waals surface area contributed by atoms with Gasteiger partial charge in [0.1, 0.15) is 11.5 Å². The van der Waals surface area contributed by atoms with Crippen LogP contribution in [0.2, 0.25) is 0 Å². The number of allylic oxidation sites excluding steroid dienone is 1. The van der Waals surface area contributed by atoms with Gasteiger partial charge in [-0.2, -0.15) is 0 Å². The number of carbonyl (C=O) groups is 1. The molecule has 9 heteroatoms. The Bertz CT molecular complexity index is 1400. The maximum Gasteiger partial charge on any atom is 0.338 e. The third-order valence-corrected chi connectivity index (χ3v) is 6.36. The summed E-state index contributed by atoms with van der Waals surface area (Å²) in [5, 5.41) is 0. The molecule has 0 N–H and O–H groups in total. The minimum absolute atomic E-state index is 0.0346. The van der Waals surface area contributed by atoms with Crippen LogP contribution >= 0.6 is 27.3 Å². The summed E-state index contributed by atoms with van der Waals surface area (Å²) in [5.41, 5.74) is 1.37. The molecule has 172 valence electrons. The number of aromatic nitrogens is 1. The second kappa shape index (κ2) is 9.52.